The molecule has 33 heavy (non-hydrogen) atoms. The Morgan fingerprint density at radius 2 is 1.91 bits per heavy atom. The molecule has 0 atom stereocenters. The van der Waals surface area contributed by atoms with Gasteiger partial charge in [-0.2, -0.15) is 10.4 Å². The van der Waals surface area contributed by atoms with Crippen LogP contribution < -0.4 is 14.8 Å². The van der Waals surface area contributed by atoms with Crippen molar-refractivity contribution in [2.24, 2.45) is 0 Å². The molecule has 0 unspecified atom stereocenters. The van der Waals surface area contributed by atoms with Crippen LogP contribution >= 0.6 is 0 Å². The normalized spacial score (nSPS) is 11.0. The Morgan fingerprint density at radius 1 is 1.15 bits per heavy atom. The predicted octanol–water partition coefficient (Wildman–Crippen LogP) is 4.44. The van der Waals surface area contributed by atoms with Gasteiger partial charge in [-0.15, -0.1) is 0 Å². The molecule has 7 nitrogen and oxygen atoms in total. The van der Waals surface area contributed by atoms with E-state index in [4.69, 9.17) is 14.6 Å². The van der Waals surface area contributed by atoms with Crippen molar-refractivity contribution in [2.45, 2.75) is 26.3 Å². The maximum absolute atomic E-state index is 12.5. The van der Waals surface area contributed by atoms with E-state index in [-0.39, 0.29) is 11.5 Å². The lowest BCUT2D eigenvalue weighted by Crippen LogP contribution is -2.25. The number of ether oxygens (including phenoxy) is 2. The highest BCUT2D eigenvalue weighted by atomic mass is 16.5. The fourth-order valence-electron chi connectivity index (χ4n) is 3.38. The number of hydrogen-bond donors (Lipinski definition) is 1. The van der Waals surface area contributed by atoms with Crippen LogP contribution in [0.2, 0.25) is 0 Å². The van der Waals surface area contributed by atoms with Gasteiger partial charge in [0.25, 0.3) is 5.91 Å². The van der Waals surface area contributed by atoms with Gasteiger partial charge >= 0.3 is 0 Å². The second-order valence-corrected chi connectivity index (χ2v) is 7.47. The number of aromatic nitrogens is 2. The lowest BCUT2D eigenvalue weighted by Gasteiger charge is -2.09. The summed E-state index contributed by atoms with van der Waals surface area (Å²) in [6, 6.07) is 17.5. The van der Waals surface area contributed by atoms with Crippen molar-refractivity contribution in [3.63, 3.8) is 0 Å². The molecule has 3 aromatic rings. The first-order valence-electron chi connectivity index (χ1n) is 10.8. The van der Waals surface area contributed by atoms with E-state index in [2.05, 4.69) is 5.32 Å². The first kappa shape index (κ1) is 23.6. The van der Waals surface area contributed by atoms with E-state index in [0.717, 1.165) is 24.0 Å². The molecule has 170 valence electrons. The molecule has 0 aliphatic rings. The van der Waals surface area contributed by atoms with E-state index in [1.165, 1.54) is 0 Å². The van der Waals surface area contributed by atoms with Crippen LogP contribution in [0.15, 0.2) is 60.3 Å². The average Bonchev–Trinajstić information content (AvgIpc) is 3.24. The predicted molar refractivity (Wildman–Crippen MR) is 128 cm³/mol. The summed E-state index contributed by atoms with van der Waals surface area (Å²) >= 11 is 0. The molecule has 0 saturated heterocycles. The Morgan fingerprint density at radius 3 is 2.58 bits per heavy atom. The number of benzene rings is 2. The molecule has 0 saturated carbocycles. The zero-order chi connectivity index (χ0) is 23.6. The summed E-state index contributed by atoms with van der Waals surface area (Å²) in [5, 5.41) is 17.2. The molecule has 0 fully saturated rings. The molecule has 0 aliphatic carbocycles. The molecule has 1 amide bonds. The summed E-state index contributed by atoms with van der Waals surface area (Å²) in [5.74, 6) is 0.787. The van der Waals surface area contributed by atoms with Crippen LogP contribution in [-0.4, -0.2) is 36.5 Å². The number of nitriles is 1. The van der Waals surface area contributed by atoms with Crippen molar-refractivity contribution in [3.8, 4) is 28.8 Å². The molecule has 0 aliphatic heterocycles. The van der Waals surface area contributed by atoms with Crippen molar-refractivity contribution < 1.29 is 14.3 Å². The molecule has 1 aromatic heterocycles. The minimum absolute atomic E-state index is 0.0343. The van der Waals surface area contributed by atoms with Crippen molar-refractivity contribution in [1.29, 1.82) is 5.26 Å². The minimum Gasteiger partial charge on any atom is -0.493 e. The van der Waals surface area contributed by atoms with Gasteiger partial charge in [-0.05, 0) is 36.3 Å². The smallest absolute Gasteiger partial charge is 0.261 e. The monoisotopic (exact) mass is 444 g/mol. The van der Waals surface area contributed by atoms with Gasteiger partial charge in [0.05, 0.1) is 26.5 Å². The van der Waals surface area contributed by atoms with Crippen LogP contribution in [0.25, 0.3) is 17.3 Å². The van der Waals surface area contributed by atoms with Gasteiger partial charge in [-0.1, -0.05) is 43.7 Å². The van der Waals surface area contributed by atoms with Crippen molar-refractivity contribution in [2.75, 3.05) is 20.8 Å². The van der Waals surface area contributed by atoms with Crippen molar-refractivity contribution >= 4 is 12.0 Å². The highest BCUT2D eigenvalue weighted by molar-refractivity contribution is 6.02. The first-order valence-corrected chi connectivity index (χ1v) is 10.8. The number of amides is 1. The molecule has 2 aromatic carbocycles. The third kappa shape index (κ3) is 6.01. The topological polar surface area (TPSA) is 89.2 Å². The number of nitrogens with one attached hydrogen (secondary N) is 1. The van der Waals surface area contributed by atoms with Gasteiger partial charge in [0, 0.05) is 23.9 Å². The van der Waals surface area contributed by atoms with Gasteiger partial charge < -0.3 is 14.8 Å². The summed E-state index contributed by atoms with van der Waals surface area (Å²) in [7, 11) is 3.15. The number of methoxy groups -OCH3 is 2. The molecular weight excluding hydrogens is 416 g/mol. The van der Waals surface area contributed by atoms with Crippen LogP contribution in [0.5, 0.6) is 11.5 Å². The zero-order valence-corrected chi connectivity index (χ0v) is 19.2. The van der Waals surface area contributed by atoms with Gasteiger partial charge in [-0.25, -0.2) is 0 Å². The summed E-state index contributed by atoms with van der Waals surface area (Å²) in [5.41, 5.74) is 3.22. The number of carbonyl (C=O) groups excluding carboxylic acids is 1. The van der Waals surface area contributed by atoms with Gasteiger partial charge in [0.1, 0.15) is 11.6 Å². The minimum atomic E-state index is -0.389. The number of nitrogens with zero attached hydrogens (tertiary/aromatic N) is 3. The number of unbranched alkanes of at least 4 members (excludes halogenated alkanes) is 1. The van der Waals surface area contributed by atoms with Crippen LogP contribution in [0, 0.1) is 11.3 Å². The average molecular weight is 445 g/mol. The fraction of sp³-hybridized carbons (Fsp3) is 0.269. The highest BCUT2D eigenvalue weighted by Crippen LogP contribution is 2.33. The van der Waals surface area contributed by atoms with E-state index in [9.17, 15) is 10.1 Å². The molecule has 1 heterocycles. The van der Waals surface area contributed by atoms with Crippen molar-refractivity contribution in [1.82, 2.24) is 15.1 Å². The quantitative estimate of drug-likeness (QED) is 0.284. The van der Waals surface area contributed by atoms with Crippen LogP contribution in [0.3, 0.4) is 0 Å². The highest BCUT2D eigenvalue weighted by Gasteiger charge is 2.16. The number of carbonyl (C=O) groups is 1. The zero-order valence-electron chi connectivity index (χ0n) is 19.2. The SMILES string of the molecule is CCCCNC(=O)/C(C#N)=C/c1cn(Cc2ccccc2)nc1-c1ccc(OC)c(OC)c1. The first-order chi connectivity index (χ1) is 16.1. The Bertz CT molecular complexity index is 1160. The summed E-state index contributed by atoms with van der Waals surface area (Å²) < 4.78 is 12.6. The fourth-order valence-corrected chi connectivity index (χ4v) is 3.38. The van der Waals surface area contributed by atoms with Gasteiger partial charge in [0.15, 0.2) is 11.5 Å². The summed E-state index contributed by atoms with van der Waals surface area (Å²) in [6.07, 6.45) is 5.25. The maximum atomic E-state index is 12.5. The van der Waals surface area contributed by atoms with E-state index < -0.39 is 0 Å². The second-order valence-electron chi connectivity index (χ2n) is 7.47. The van der Waals surface area contributed by atoms with Crippen LogP contribution in [0.4, 0.5) is 0 Å². The Kier molecular flexibility index (Phi) is 8.25. The molecular formula is C26H28N4O3. The molecule has 7 heteroatoms. The van der Waals surface area contributed by atoms with Gasteiger partial charge in [0.2, 0.25) is 0 Å². The largest absolute Gasteiger partial charge is 0.493 e. The summed E-state index contributed by atoms with van der Waals surface area (Å²) in [6.45, 7) is 3.13. The van der Waals surface area contributed by atoms with E-state index in [1.807, 2.05) is 61.7 Å². The number of hydrogen-bond acceptors (Lipinski definition) is 5. The Balaban J connectivity index is 2.03. The standard InChI is InChI=1S/C26H28N4O3/c1-4-5-13-28-26(31)21(16-27)14-22-18-30(17-19-9-7-6-8-10-19)29-25(22)20-11-12-23(32-2)24(15-20)33-3/h6-12,14-15,18H,4-5,13,17H2,1-3H3,(H,28,31)/b21-14+. The van der Waals surface area contributed by atoms with E-state index >= 15 is 0 Å². The second kappa shape index (κ2) is 11.5. The Hall–Kier alpha value is -4.05. The third-order valence-corrected chi connectivity index (χ3v) is 5.12. The summed E-state index contributed by atoms with van der Waals surface area (Å²) in [4.78, 5) is 12.5. The van der Waals surface area contributed by atoms with E-state index in [0.29, 0.717) is 35.8 Å². The van der Waals surface area contributed by atoms with Crippen molar-refractivity contribution in [3.05, 3.63) is 71.4 Å². The lowest BCUT2D eigenvalue weighted by molar-refractivity contribution is -0.117. The third-order valence-electron chi connectivity index (χ3n) is 5.12. The lowest BCUT2D eigenvalue weighted by atomic mass is 10.1. The molecule has 3 rings (SSSR count). The molecule has 1 N–H and O–H groups in total. The number of rotatable bonds is 10. The van der Waals surface area contributed by atoms with Crippen LogP contribution in [-0.2, 0) is 11.3 Å². The maximum Gasteiger partial charge on any atom is 0.261 e. The molecule has 0 radical (unpaired) electrons. The molecule has 0 spiro atoms. The molecule has 0 bridgehead atoms. The van der Waals surface area contributed by atoms with Gasteiger partial charge in [-0.3, -0.25) is 9.48 Å². The van der Waals surface area contributed by atoms with E-state index in [1.54, 1.807) is 31.0 Å². The van der Waals surface area contributed by atoms with Crippen LogP contribution in [0.1, 0.15) is 30.9 Å². The Labute approximate surface area is 194 Å².